The van der Waals surface area contributed by atoms with Crippen LogP contribution < -0.4 is 14.8 Å². The van der Waals surface area contributed by atoms with Gasteiger partial charge in [-0.3, -0.25) is 14.4 Å². The van der Waals surface area contributed by atoms with Crippen molar-refractivity contribution in [3.05, 3.63) is 42.2 Å². The Morgan fingerprint density at radius 1 is 1.38 bits per heavy atom. The van der Waals surface area contributed by atoms with Gasteiger partial charge in [0, 0.05) is 32.0 Å². The van der Waals surface area contributed by atoms with Crippen molar-refractivity contribution in [3.8, 4) is 11.5 Å². The van der Waals surface area contributed by atoms with E-state index < -0.39 is 0 Å². The first kappa shape index (κ1) is 15.0. The maximum absolute atomic E-state index is 12.3. The highest BCUT2D eigenvalue weighted by Crippen LogP contribution is 2.32. The fourth-order valence-electron chi connectivity index (χ4n) is 3.02. The molecule has 1 aromatic heterocycles. The average Bonchev–Trinajstić information content (AvgIpc) is 3.21. The Balaban J connectivity index is 1.27. The number of hydrogen-bond donors (Lipinski definition) is 1. The summed E-state index contributed by atoms with van der Waals surface area (Å²) in [6.07, 6.45) is 3.75. The molecule has 1 N–H and O–H groups in total. The molecule has 2 aromatic rings. The Labute approximate surface area is 140 Å². The van der Waals surface area contributed by atoms with Crippen LogP contribution in [0.4, 0.5) is 0 Å². The number of benzene rings is 1. The second kappa shape index (κ2) is 6.16. The summed E-state index contributed by atoms with van der Waals surface area (Å²) in [5.41, 5.74) is 0.998. The minimum atomic E-state index is -0.147. The maximum Gasteiger partial charge on any atom is 0.237 e. The molecule has 126 valence electrons. The van der Waals surface area contributed by atoms with Crippen molar-refractivity contribution in [1.29, 1.82) is 0 Å². The van der Waals surface area contributed by atoms with Crippen molar-refractivity contribution in [2.45, 2.75) is 25.6 Å². The van der Waals surface area contributed by atoms with Crippen LogP contribution in [0.15, 0.2) is 36.7 Å². The molecule has 7 nitrogen and oxygen atoms in total. The summed E-state index contributed by atoms with van der Waals surface area (Å²) >= 11 is 0. The molecule has 0 bridgehead atoms. The minimum absolute atomic E-state index is 0.0339. The van der Waals surface area contributed by atoms with Crippen LogP contribution in [-0.4, -0.2) is 46.5 Å². The fraction of sp³-hybridized carbons (Fsp3) is 0.412. The van der Waals surface area contributed by atoms with Crippen LogP contribution in [0.5, 0.6) is 11.5 Å². The third kappa shape index (κ3) is 2.82. The molecule has 1 fully saturated rings. The molecule has 7 heteroatoms. The Morgan fingerprint density at radius 2 is 2.21 bits per heavy atom. The summed E-state index contributed by atoms with van der Waals surface area (Å²) in [4.78, 5) is 14.5. The maximum atomic E-state index is 12.3. The van der Waals surface area contributed by atoms with Crippen LogP contribution in [0, 0.1) is 0 Å². The van der Waals surface area contributed by atoms with Gasteiger partial charge in [0.05, 0.1) is 12.1 Å². The second-order valence-corrected chi connectivity index (χ2v) is 6.18. The van der Waals surface area contributed by atoms with Gasteiger partial charge < -0.3 is 14.8 Å². The summed E-state index contributed by atoms with van der Waals surface area (Å²) in [6, 6.07) is 7.86. The summed E-state index contributed by atoms with van der Waals surface area (Å²) in [7, 11) is 0. The standard InChI is InChI=1S/C17H20N4O3/c1-12(20-9-14(10-20)21-6-2-5-19-21)17(22)18-8-13-3-4-15-16(7-13)24-11-23-15/h2-7,12,14H,8-11H2,1H3,(H,18,22). The highest BCUT2D eigenvalue weighted by Gasteiger charge is 2.34. The molecule has 1 amide bonds. The van der Waals surface area contributed by atoms with E-state index in [0.29, 0.717) is 12.6 Å². The van der Waals surface area contributed by atoms with E-state index in [2.05, 4.69) is 15.3 Å². The number of carbonyl (C=O) groups excluding carboxylic acids is 1. The zero-order valence-electron chi connectivity index (χ0n) is 13.5. The Hall–Kier alpha value is -2.54. The van der Waals surface area contributed by atoms with Gasteiger partial charge in [-0.2, -0.15) is 5.10 Å². The van der Waals surface area contributed by atoms with E-state index >= 15 is 0 Å². The Morgan fingerprint density at radius 3 is 3.00 bits per heavy atom. The third-order valence-corrected chi connectivity index (χ3v) is 4.62. The lowest BCUT2D eigenvalue weighted by Gasteiger charge is -2.42. The number of nitrogens with one attached hydrogen (secondary N) is 1. The normalized spacial score (nSPS) is 18.2. The van der Waals surface area contributed by atoms with Gasteiger partial charge in [0.2, 0.25) is 12.7 Å². The lowest BCUT2D eigenvalue weighted by atomic mass is 10.1. The first-order valence-corrected chi connectivity index (χ1v) is 8.10. The number of hydrogen-bond acceptors (Lipinski definition) is 5. The van der Waals surface area contributed by atoms with Crippen LogP contribution >= 0.6 is 0 Å². The quantitative estimate of drug-likeness (QED) is 0.892. The predicted molar refractivity (Wildman–Crippen MR) is 86.7 cm³/mol. The molecular weight excluding hydrogens is 308 g/mol. The van der Waals surface area contributed by atoms with Crippen molar-refractivity contribution < 1.29 is 14.3 Å². The van der Waals surface area contributed by atoms with E-state index in [1.807, 2.05) is 42.1 Å². The summed E-state index contributed by atoms with van der Waals surface area (Å²) in [5.74, 6) is 1.52. The topological polar surface area (TPSA) is 68.6 Å². The number of rotatable bonds is 5. The molecule has 1 atom stereocenters. The summed E-state index contributed by atoms with van der Waals surface area (Å²) in [5, 5.41) is 7.24. The summed E-state index contributed by atoms with van der Waals surface area (Å²) < 4.78 is 12.6. The molecule has 2 aliphatic rings. The van der Waals surface area contributed by atoms with E-state index in [4.69, 9.17) is 9.47 Å². The number of aromatic nitrogens is 2. The van der Waals surface area contributed by atoms with E-state index in [1.165, 1.54) is 0 Å². The van der Waals surface area contributed by atoms with Crippen LogP contribution in [0.2, 0.25) is 0 Å². The van der Waals surface area contributed by atoms with Gasteiger partial charge in [0.1, 0.15) is 0 Å². The van der Waals surface area contributed by atoms with Crippen molar-refractivity contribution in [2.24, 2.45) is 0 Å². The molecule has 1 saturated heterocycles. The molecule has 2 aliphatic heterocycles. The Bertz CT molecular complexity index is 725. The molecule has 24 heavy (non-hydrogen) atoms. The van der Waals surface area contributed by atoms with Gasteiger partial charge in [-0.15, -0.1) is 0 Å². The SMILES string of the molecule is CC(C(=O)NCc1ccc2c(c1)OCO2)N1CC(n2cccn2)C1. The highest BCUT2D eigenvalue weighted by molar-refractivity contribution is 5.81. The molecular formula is C17H20N4O3. The van der Waals surface area contributed by atoms with Gasteiger partial charge >= 0.3 is 0 Å². The number of likely N-dealkylation sites (tertiary alicyclic amines) is 1. The van der Waals surface area contributed by atoms with Gasteiger partial charge in [-0.25, -0.2) is 0 Å². The lowest BCUT2D eigenvalue weighted by molar-refractivity contribution is -0.128. The monoisotopic (exact) mass is 328 g/mol. The van der Waals surface area contributed by atoms with E-state index in [9.17, 15) is 4.79 Å². The molecule has 0 saturated carbocycles. The van der Waals surface area contributed by atoms with Crippen LogP contribution in [0.25, 0.3) is 0 Å². The first-order valence-electron chi connectivity index (χ1n) is 8.10. The molecule has 1 aromatic carbocycles. The van der Waals surface area contributed by atoms with Crippen LogP contribution in [0.1, 0.15) is 18.5 Å². The number of carbonyl (C=O) groups is 1. The van der Waals surface area contributed by atoms with Crippen molar-refractivity contribution >= 4 is 5.91 Å². The molecule has 0 radical (unpaired) electrons. The zero-order chi connectivity index (χ0) is 16.5. The van der Waals surface area contributed by atoms with E-state index in [0.717, 1.165) is 30.2 Å². The minimum Gasteiger partial charge on any atom is -0.454 e. The molecule has 4 rings (SSSR count). The first-order chi connectivity index (χ1) is 11.7. The van der Waals surface area contributed by atoms with Crippen LogP contribution in [0.3, 0.4) is 0 Å². The molecule has 0 aliphatic carbocycles. The molecule has 1 unspecified atom stereocenters. The third-order valence-electron chi connectivity index (χ3n) is 4.62. The Kier molecular flexibility index (Phi) is 3.86. The average molecular weight is 328 g/mol. The van der Waals surface area contributed by atoms with E-state index in [1.54, 1.807) is 6.20 Å². The van der Waals surface area contributed by atoms with Gasteiger partial charge in [-0.05, 0) is 30.7 Å². The van der Waals surface area contributed by atoms with Gasteiger partial charge in [0.25, 0.3) is 0 Å². The highest BCUT2D eigenvalue weighted by atomic mass is 16.7. The number of nitrogens with zero attached hydrogens (tertiary/aromatic N) is 3. The van der Waals surface area contributed by atoms with Crippen molar-refractivity contribution in [2.75, 3.05) is 19.9 Å². The molecule has 0 spiro atoms. The van der Waals surface area contributed by atoms with Crippen molar-refractivity contribution in [3.63, 3.8) is 0 Å². The molecule has 3 heterocycles. The van der Waals surface area contributed by atoms with Crippen molar-refractivity contribution in [1.82, 2.24) is 20.0 Å². The lowest BCUT2D eigenvalue weighted by Crippen LogP contribution is -2.56. The van der Waals surface area contributed by atoms with Gasteiger partial charge in [0.15, 0.2) is 11.5 Å². The smallest absolute Gasteiger partial charge is 0.237 e. The second-order valence-electron chi connectivity index (χ2n) is 6.18. The number of ether oxygens (including phenoxy) is 2. The fourth-order valence-corrected chi connectivity index (χ4v) is 3.02. The number of fused-ring (bicyclic) bond motifs is 1. The van der Waals surface area contributed by atoms with Gasteiger partial charge in [-0.1, -0.05) is 6.07 Å². The summed E-state index contributed by atoms with van der Waals surface area (Å²) in [6.45, 7) is 4.37. The zero-order valence-corrected chi connectivity index (χ0v) is 13.5. The van der Waals surface area contributed by atoms with E-state index in [-0.39, 0.29) is 18.7 Å². The predicted octanol–water partition coefficient (Wildman–Crippen LogP) is 1.17. The largest absolute Gasteiger partial charge is 0.454 e. The van der Waals surface area contributed by atoms with Crippen LogP contribution in [-0.2, 0) is 11.3 Å². The number of amides is 1.